The minimum absolute atomic E-state index is 0.0370. The largest absolute Gasteiger partial charge is 0.506 e. The number of rotatable bonds is 0. The molecule has 0 heterocycles. The quantitative estimate of drug-likeness (QED) is 0.690. The number of phenolic OH excluding ortho intramolecular Hbond substituents is 1. The van der Waals surface area contributed by atoms with Gasteiger partial charge in [-0.05, 0) is 42.0 Å². The maximum atomic E-state index is 9.64. The van der Waals surface area contributed by atoms with E-state index in [0.29, 0.717) is 5.02 Å². The normalized spacial score (nSPS) is 11.9. The van der Waals surface area contributed by atoms with Crippen molar-refractivity contribution in [2.75, 3.05) is 0 Å². The smallest absolute Gasteiger partial charge is 0.134 e. The van der Waals surface area contributed by atoms with Gasteiger partial charge in [-0.25, -0.2) is 0 Å². The Morgan fingerprint density at radius 1 is 1.21 bits per heavy atom. The number of hydrogen-bond acceptors (Lipinski definition) is 1. The van der Waals surface area contributed by atoms with E-state index in [0.717, 1.165) is 11.1 Å². The van der Waals surface area contributed by atoms with Crippen LogP contribution in [-0.2, 0) is 5.41 Å². The molecule has 2 heteroatoms. The predicted octanol–water partition coefficient (Wildman–Crippen LogP) is 3.96. The molecule has 78 valence electrons. The third kappa shape index (κ3) is 1.88. The van der Waals surface area contributed by atoms with E-state index in [-0.39, 0.29) is 11.2 Å². The van der Waals surface area contributed by atoms with Crippen LogP contribution in [0.3, 0.4) is 0 Å². The van der Waals surface area contributed by atoms with Gasteiger partial charge in [-0.1, -0.05) is 32.4 Å². The highest BCUT2D eigenvalue weighted by molar-refractivity contribution is 6.33. The lowest BCUT2D eigenvalue weighted by molar-refractivity contribution is 0.470. The van der Waals surface area contributed by atoms with Crippen molar-refractivity contribution < 1.29 is 5.11 Å². The second kappa shape index (κ2) is 3.47. The summed E-state index contributed by atoms with van der Waals surface area (Å²) in [6.45, 7) is 10.3. The number of aryl methyl sites for hydroxylation is 1. The van der Waals surface area contributed by atoms with Crippen LogP contribution in [0.15, 0.2) is 6.07 Å². The topological polar surface area (TPSA) is 20.2 Å². The summed E-state index contributed by atoms with van der Waals surface area (Å²) in [7, 11) is 0. The molecule has 0 unspecified atom stereocenters. The summed E-state index contributed by atoms with van der Waals surface area (Å²) in [5.74, 6) is 0.180. The number of benzene rings is 1. The first-order chi connectivity index (χ1) is 6.25. The summed E-state index contributed by atoms with van der Waals surface area (Å²) in [5.41, 5.74) is 3.25. The van der Waals surface area contributed by atoms with Crippen LogP contribution in [0.4, 0.5) is 0 Å². The summed E-state index contributed by atoms with van der Waals surface area (Å²) in [4.78, 5) is 0. The highest BCUT2D eigenvalue weighted by atomic mass is 35.5. The molecule has 0 fully saturated rings. The van der Waals surface area contributed by atoms with Crippen molar-refractivity contribution in [2.45, 2.75) is 40.0 Å². The zero-order valence-corrected chi connectivity index (χ0v) is 10.2. The van der Waals surface area contributed by atoms with Crippen molar-refractivity contribution in [1.29, 1.82) is 0 Å². The molecule has 1 N–H and O–H groups in total. The molecule has 0 bridgehead atoms. The van der Waals surface area contributed by atoms with Crippen LogP contribution >= 0.6 is 11.6 Å². The van der Waals surface area contributed by atoms with E-state index in [2.05, 4.69) is 20.8 Å². The first kappa shape index (κ1) is 11.4. The zero-order chi connectivity index (χ0) is 11.1. The van der Waals surface area contributed by atoms with Crippen LogP contribution in [0.1, 0.15) is 37.5 Å². The van der Waals surface area contributed by atoms with Crippen LogP contribution in [-0.4, -0.2) is 5.11 Å². The average molecular weight is 213 g/mol. The Morgan fingerprint density at radius 2 is 1.71 bits per heavy atom. The molecule has 1 nitrogen and oxygen atoms in total. The molecular weight excluding hydrogens is 196 g/mol. The third-order valence-electron chi connectivity index (χ3n) is 2.51. The van der Waals surface area contributed by atoms with Gasteiger partial charge < -0.3 is 5.11 Å². The van der Waals surface area contributed by atoms with Crippen LogP contribution in [0.5, 0.6) is 5.75 Å². The van der Waals surface area contributed by atoms with Crippen molar-refractivity contribution in [1.82, 2.24) is 0 Å². The zero-order valence-electron chi connectivity index (χ0n) is 9.40. The third-order valence-corrected chi connectivity index (χ3v) is 2.90. The van der Waals surface area contributed by atoms with Crippen molar-refractivity contribution in [3.63, 3.8) is 0 Å². The number of phenols is 1. The van der Waals surface area contributed by atoms with Crippen molar-refractivity contribution >= 4 is 11.6 Å². The molecular formula is C12H17ClO. The Labute approximate surface area is 90.7 Å². The second-order valence-electron chi connectivity index (χ2n) is 4.78. The molecule has 0 saturated heterocycles. The van der Waals surface area contributed by atoms with E-state index in [1.165, 1.54) is 5.56 Å². The fourth-order valence-corrected chi connectivity index (χ4v) is 2.24. The first-order valence-electron chi connectivity index (χ1n) is 4.74. The van der Waals surface area contributed by atoms with Crippen molar-refractivity contribution in [3.05, 3.63) is 27.8 Å². The standard InChI is InChI=1S/C12H17ClO/c1-7-6-9(14)11(13)10(8(7)2)12(3,4)5/h6,14H,1-5H3. The van der Waals surface area contributed by atoms with Gasteiger partial charge in [0.2, 0.25) is 0 Å². The lowest BCUT2D eigenvalue weighted by Gasteiger charge is -2.24. The van der Waals surface area contributed by atoms with E-state index < -0.39 is 0 Å². The van der Waals surface area contributed by atoms with Gasteiger partial charge in [-0.15, -0.1) is 0 Å². The molecule has 0 amide bonds. The highest BCUT2D eigenvalue weighted by Gasteiger charge is 2.22. The van der Waals surface area contributed by atoms with Gasteiger partial charge in [0.25, 0.3) is 0 Å². The lowest BCUT2D eigenvalue weighted by Crippen LogP contribution is -2.14. The number of aromatic hydroxyl groups is 1. The lowest BCUT2D eigenvalue weighted by atomic mass is 9.82. The number of hydrogen-bond donors (Lipinski definition) is 1. The van der Waals surface area contributed by atoms with E-state index >= 15 is 0 Å². The summed E-state index contributed by atoms with van der Waals surface area (Å²) < 4.78 is 0. The van der Waals surface area contributed by atoms with E-state index in [9.17, 15) is 5.11 Å². The average Bonchev–Trinajstić information content (AvgIpc) is 1.98. The SMILES string of the molecule is Cc1cc(O)c(Cl)c(C(C)(C)C)c1C. The van der Waals surface area contributed by atoms with E-state index in [1.54, 1.807) is 6.07 Å². The van der Waals surface area contributed by atoms with Crippen LogP contribution in [0, 0.1) is 13.8 Å². The second-order valence-corrected chi connectivity index (χ2v) is 5.15. The fourth-order valence-electron chi connectivity index (χ4n) is 1.76. The predicted molar refractivity (Wildman–Crippen MR) is 61.3 cm³/mol. The first-order valence-corrected chi connectivity index (χ1v) is 5.12. The van der Waals surface area contributed by atoms with Crippen LogP contribution in [0.25, 0.3) is 0 Å². The van der Waals surface area contributed by atoms with Crippen LogP contribution in [0.2, 0.25) is 5.02 Å². The molecule has 14 heavy (non-hydrogen) atoms. The van der Waals surface area contributed by atoms with Gasteiger partial charge >= 0.3 is 0 Å². The molecule has 0 radical (unpaired) electrons. The molecule has 1 rings (SSSR count). The van der Waals surface area contributed by atoms with E-state index in [4.69, 9.17) is 11.6 Å². The Hall–Kier alpha value is -0.690. The number of halogens is 1. The minimum atomic E-state index is -0.0370. The Morgan fingerprint density at radius 3 is 2.14 bits per heavy atom. The molecule has 0 saturated carbocycles. The van der Waals surface area contributed by atoms with Gasteiger partial charge in [-0.2, -0.15) is 0 Å². The molecule has 0 spiro atoms. The monoisotopic (exact) mass is 212 g/mol. The molecule has 0 aliphatic heterocycles. The van der Waals surface area contributed by atoms with E-state index in [1.807, 2.05) is 13.8 Å². The fraction of sp³-hybridized carbons (Fsp3) is 0.500. The van der Waals surface area contributed by atoms with Gasteiger partial charge in [-0.3, -0.25) is 0 Å². The van der Waals surface area contributed by atoms with Crippen LogP contribution < -0.4 is 0 Å². The van der Waals surface area contributed by atoms with Crippen molar-refractivity contribution in [2.24, 2.45) is 0 Å². The van der Waals surface area contributed by atoms with Gasteiger partial charge in [0.1, 0.15) is 5.75 Å². The van der Waals surface area contributed by atoms with Gasteiger partial charge in [0, 0.05) is 0 Å². The Kier molecular flexibility index (Phi) is 2.82. The maximum absolute atomic E-state index is 9.64. The molecule has 1 aromatic carbocycles. The Balaban J connectivity index is 3.56. The highest BCUT2D eigenvalue weighted by Crippen LogP contribution is 2.39. The van der Waals surface area contributed by atoms with Gasteiger partial charge in [0.05, 0.1) is 5.02 Å². The Bertz CT molecular complexity index is 335. The summed E-state index contributed by atoms with van der Waals surface area (Å²) in [5, 5.41) is 10.1. The molecule has 0 atom stereocenters. The van der Waals surface area contributed by atoms with Crippen molar-refractivity contribution in [3.8, 4) is 5.75 Å². The summed E-state index contributed by atoms with van der Waals surface area (Å²) >= 11 is 6.11. The molecule has 0 aliphatic rings. The maximum Gasteiger partial charge on any atom is 0.134 e. The molecule has 0 aromatic heterocycles. The summed E-state index contributed by atoms with van der Waals surface area (Å²) in [6, 6.07) is 1.72. The van der Waals surface area contributed by atoms with Gasteiger partial charge in [0.15, 0.2) is 0 Å². The molecule has 1 aromatic rings. The molecule has 0 aliphatic carbocycles. The summed E-state index contributed by atoms with van der Waals surface area (Å²) in [6.07, 6.45) is 0. The minimum Gasteiger partial charge on any atom is -0.506 e.